The maximum atomic E-state index is 11.7. The largest absolute Gasteiger partial charge is 0.466 e. The number of hydrogen-bond acceptors (Lipinski definition) is 4. The number of nitrogens with one attached hydrogen (secondary N) is 2. The van der Waals surface area contributed by atoms with Crippen molar-refractivity contribution in [2.24, 2.45) is 0 Å². The van der Waals surface area contributed by atoms with Crippen LogP contribution in [0.4, 0.5) is 0 Å². The molecular weight excluding hydrogens is 320 g/mol. The van der Waals surface area contributed by atoms with Crippen LogP contribution in [0, 0.1) is 13.8 Å². The number of carbonyl (C=O) groups is 3. The molecule has 6 heteroatoms. The van der Waals surface area contributed by atoms with Gasteiger partial charge in [-0.1, -0.05) is 0 Å². The standard InChI is InChI=1S/C19H24N2O4/c1-5-25-19(24)7-6-15-11(2)18(10-22)21-17(15)9-14-8-16(13(4)23)12(3)20-14/h8,10,20-21H,5-7,9H2,1-4H3. The molecule has 0 unspecified atom stereocenters. The highest BCUT2D eigenvalue weighted by Gasteiger charge is 2.17. The Morgan fingerprint density at radius 1 is 1.24 bits per heavy atom. The van der Waals surface area contributed by atoms with Crippen LogP contribution in [-0.2, 0) is 22.4 Å². The summed E-state index contributed by atoms with van der Waals surface area (Å²) < 4.78 is 4.98. The van der Waals surface area contributed by atoms with Gasteiger partial charge in [0.1, 0.15) is 0 Å². The van der Waals surface area contributed by atoms with Gasteiger partial charge in [0.2, 0.25) is 0 Å². The van der Waals surface area contributed by atoms with Gasteiger partial charge in [0.05, 0.1) is 12.3 Å². The first-order chi connectivity index (χ1) is 11.9. The zero-order chi connectivity index (χ0) is 18.6. The molecule has 2 N–H and O–H groups in total. The van der Waals surface area contributed by atoms with E-state index in [1.54, 1.807) is 6.92 Å². The molecule has 2 heterocycles. The van der Waals surface area contributed by atoms with Crippen molar-refractivity contribution in [3.63, 3.8) is 0 Å². The van der Waals surface area contributed by atoms with Crippen molar-refractivity contribution in [2.75, 3.05) is 6.61 Å². The van der Waals surface area contributed by atoms with E-state index in [0.29, 0.717) is 30.7 Å². The maximum Gasteiger partial charge on any atom is 0.306 e. The van der Waals surface area contributed by atoms with Crippen molar-refractivity contribution in [2.45, 2.75) is 47.0 Å². The van der Waals surface area contributed by atoms with E-state index in [0.717, 1.165) is 34.5 Å². The monoisotopic (exact) mass is 344 g/mol. The molecule has 0 radical (unpaired) electrons. The number of esters is 1. The van der Waals surface area contributed by atoms with E-state index in [1.807, 2.05) is 19.9 Å². The fourth-order valence-electron chi connectivity index (χ4n) is 3.07. The van der Waals surface area contributed by atoms with Gasteiger partial charge in [0, 0.05) is 35.5 Å². The van der Waals surface area contributed by atoms with Crippen LogP contribution in [0.2, 0.25) is 0 Å². The van der Waals surface area contributed by atoms with Gasteiger partial charge in [-0.15, -0.1) is 0 Å². The van der Waals surface area contributed by atoms with Gasteiger partial charge in [-0.25, -0.2) is 0 Å². The number of aldehydes is 1. The number of aromatic nitrogens is 2. The average molecular weight is 344 g/mol. The van der Waals surface area contributed by atoms with Gasteiger partial charge in [-0.3, -0.25) is 14.4 Å². The highest BCUT2D eigenvalue weighted by atomic mass is 16.5. The minimum absolute atomic E-state index is 0.0128. The second kappa shape index (κ2) is 7.96. The van der Waals surface area contributed by atoms with Gasteiger partial charge in [0.15, 0.2) is 12.1 Å². The lowest BCUT2D eigenvalue weighted by Crippen LogP contribution is -2.06. The molecule has 134 valence electrons. The molecule has 2 aromatic heterocycles. The van der Waals surface area contributed by atoms with Gasteiger partial charge < -0.3 is 14.7 Å². The molecule has 0 saturated carbocycles. The zero-order valence-corrected chi connectivity index (χ0v) is 15.1. The lowest BCUT2D eigenvalue weighted by atomic mass is 10.0. The summed E-state index contributed by atoms with van der Waals surface area (Å²) in [6, 6.07) is 1.84. The first-order valence-corrected chi connectivity index (χ1v) is 8.37. The van der Waals surface area contributed by atoms with E-state index in [-0.39, 0.29) is 18.2 Å². The molecule has 0 saturated heterocycles. The zero-order valence-electron chi connectivity index (χ0n) is 15.1. The average Bonchev–Trinajstić information content (AvgIpc) is 3.06. The minimum atomic E-state index is -0.253. The molecule has 0 aromatic carbocycles. The highest BCUT2D eigenvalue weighted by molar-refractivity contribution is 5.95. The first kappa shape index (κ1) is 18.7. The Balaban J connectivity index is 2.27. The Morgan fingerprint density at radius 2 is 1.96 bits per heavy atom. The summed E-state index contributed by atoms with van der Waals surface area (Å²) in [4.78, 5) is 40.9. The fraction of sp³-hybridized carbons (Fsp3) is 0.421. The molecule has 0 atom stereocenters. The van der Waals surface area contributed by atoms with Crippen LogP contribution in [0.25, 0.3) is 0 Å². The van der Waals surface area contributed by atoms with Gasteiger partial charge >= 0.3 is 5.97 Å². The molecule has 2 rings (SSSR count). The number of carbonyl (C=O) groups excluding carboxylic acids is 3. The second-order valence-corrected chi connectivity index (χ2v) is 6.11. The number of ether oxygens (including phenoxy) is 1. The lowest BCUT2D eigenvalue weighted by Gasteiger charge is -2.05. The fourth-order valence-corrected chi connectivity index (χ4v) is 3.07. The second-order valence-electron chi connectivity index (χ2n) is 6.11. The summed E-state index contributed by atoms with van der Waals surface area (Å²) in [5, 5.41) is 0. The minimum Gasteiger partial charge on any atom is -0.466 e. The Morgan fingerprint density at radius 3 is 2.52 bits per heavy atom. The van der Waals surface area contributed by atoms with Crippen LogP contribution in [0.5, 0.6) is 0 Å². The molecule has 0 fully saturated rings. The lowest BCUT2D eigenvalue weighted by molar-refractivity contribution is -0.143. The van der Waals surface area contributed by atoms with Crippen molar-refractivity contribution in [3.05, 3.63) is 45.5 Å². The molecule has 0 spiro atoms. The predicted octanol–water partition coefficient (Wildman–Crippen LogP) is 3.06. The summed E-state index contributed by atoms with van der Waals surface area (Å²) in [6.07, 6.45) is 2.08. The molecular formula is C19H24N2O4. The van der Waals surface area contributed by atoms with E-state index in [4.69, 9.17) is 4.74 Å². The van der Waals surface area contributed by atoms with Gasteiger partial charge in [-0.05, 0) is 51.3 Å². The predicted molar refractivity (Wildman–Crippen MR) is 94.2 cm³/mol. The van der Waals surface area contributed by atoms with E-state index < -0.39 is 0 Å². The number of hydrogen-bond donors (Lipinski definition) is 2. The smallest absolute Gasteiger partial charge is 0.306 e. The third-order valence-electron chi connectivity index (χ3n) is 4.33. The van der Waals surface area contributed by atoms with Crippen molar-refractivity contribution >= 4 is 18.0 Å². The highest BCUT2D eigenvalue weighted by Crippen LogP contribution is 2.23. The van der Waals surface area contributed by atoms with Crippen molar-refractivity contribution in [3.8, 4) is 0 Å². The Labute approximate surface area is 147 Å². The van der Waals surface area contributed by atoms with Crippen LogP contribution in [0.3, 0.4) is 0 Å². The summed E-state index contributed by atoms with van der Waals surface area (Å²) in [6.45, 7) is 7.39. The van der Waals surface area contributed by atoms with Gasteiger partial charge in [-0.2, -0.15) is 0 Å². The Hall–Kier alpha value is -2.63. The quantitative estimate of drug-likeness (QED) is 0.437. The van der Waals surface area contributed by atoms with Crippen LogP contribution in [-0.4, -0.2) is 34.6 Å². The number of H-pyrrole nitrogens is 2. The molecule has 2 aromatic rings. The summed E-state index contributed by atoms with van der Waals surface area (Å²) in [7, 11) is 0. The topological polar surface area (TPSA) is 92.0 Å². The van der Waals surface area contributed by atoms with Crippen LogP contribution in [0.1, 0.15) is 69.3 Å². The van der Waals surface area contributed by atoms with E-state index in [2.05, 4.69) is 9.97 Å². The third kappa shape index (κ3) is 4.26. The van der Waals surface area contributed by atoms with E-state index in [1.165, 1.54) is 6.92 Å². The normalized spacial score (nSPS) is 10.7. The summed E-state index contributed by atoms with van der Waals surface area (Å²) in [5.74, 6) is -0.241. The molecule has 0 aliphatic heterocycles. The van der Waals surface area contributed by atoms with Crippen LogP contribution in [0.15, 0.2) is 6.07 Å². The van der Waals surface area contributed by atoms with Crippen LogP contribution >= 0.6 is 0 Å². The van der Waals surface area contributed by atoms with Crippen LogP contribution < -0.4 is 0 Å². The van der Waals surface area contributed by atoms with E-state index >= 15 is 0 Å². The molecule has 0 amide bonds. The Kier molecular flexibility index (Phi) is 5.96. The van der Waals surface area contributed by atoms with Gasteiger partial charge in [0.25, 0.3) is 0 Å². The number of Topliss-reactive ketones (excluding diaryl/α,β-unsaturated/α-hetero) is 1. The SMILES string of the molecule is CCOC(=O)CCc1c(Cc2cc(C(C)=O)c(C)[nH]2)[nH]c(C=O)c1C. The molecule has 0 aliphatic rings. The van der Waals surface area contributed by atoms with Crippen molar-refractivity contribution < 1.29 is 19.1 Å². The summed E-state index contributed by atoms with van der Waals surface area (Å²) >= 11 is 0. The third-order valence-corrected chi connectivity index (χ3v) is 4.33. The Bertz CT molecular complexity index is 799. The number of aryl methyl sites for hydroxylation is 1. The van der Waals surface area contributed by atoms with E-state index in [9.17, 15) is 14.4 Å². The maximum absolute atomic E-state index is 11.7. The number of rotatable bonds is 8. The number of aromatic amines is 2. The molecule has 0 aliphatic carbocycles. The molecule has 25 heavy (non-hydrogen) atoms. The van der Waals surface area contributed by atoms with Crippen molar-refractivity contribution in [1.29, 1.82) is 0 Å². The summed E-state index contributed by atoms with van der Waals surface area (Å²) in [5.41, 5.74) is 5.58. The molecule has 0 bridgehead atoms. The first-order valence-electron chi connectivity index (χ1n) is 8.37. The molecule has 6 nitrogen and oxygen atoms in total. The number of ketones is 1. The van der Waals surface area contributed by atoms with Crippen molar-refractivity contribution in [1.82, 2.24) is 9.97 Å².